The molecule has 0 spiro atoms. The fourth-order valence-corrected chi connectivity index (χ4v) is 2.17. The summed E-state index contributed by atoms with van der Waals surface area (Å²) in [5, 5.41) is 6.39. The maximum absolute atomic E-state index is 12.0. The summed E-state index contributed by atoms with van der Waals surface area (Å²) in [5.41, 5.74) is 0. The van der Waals surface area contributed by atoms with Crippen molar-refractivity contribution in [1.29, 1.82) is 0 Å². The van der Waals surface area contributed by atoms with Gasteiger partial charge in [0, 0.05) is 6.04 Å². The molecule has 1 heterocycles. The number of carbonyl (C=O) groups is 1. The summed E-state index contributed by atoms with van der Waals surface area (Å²) in [6, 6.07) is 0.268. The molecule has 1 amide bonds. The van der Waals surface area contributed by atoms with Crippen LogP contribution in [-0.4, -0.2) is 50.1 Å². The van der Waals surface area contributed by atoms with Crippen LogP contribution >= 0.6 is 0 Å². The van der Waals surface area contributed by atoms with Crippen LogP contribution < -0.4 is 10.6 Å². The molecule has 2 N–H and O–H groups in total. The van der Waals surface area contributed by atoms with Gasteiger partial charge in [0.25, 0.3) is 0 Å². The number of amides is 1. The maximum Gasteiger partial charge on any atom is 0.237 e. The van der Waals surface area contributed by atoms with Gasteiger partial charge < -0.3 is 15.5 Å². The Hall–Kier alpha value is -0.610. The second kappa shape index (κ2) is 6.97. The molecular weight excluding hydrogens is 214 g/mol. The third-order valence-corrected chi connectivity index (χ3v) is 3.38. The van der Waals surface area contributed by atoms with Gasteiger partial charge >= 0.3 is 0 Å². The number of nitrogens with zero attached hydrogens (tertiary/aromatic N) is 1. The topological polar surface area (TPSA) is 44.4 Å². The quantitative estimate of drug-likeness (QED) is 0.749. The summed E-state index contributed by atoms with van der Waals surface area (Å²) in [7, 11) is 4.11. The van der Waals surface area contributed by atoms with Crippen molar-refractivity contribution in [2.45, 2.75) is 45.2 Å². The third-order valence-electron chi connectivity index (χ3n) is 3.38. The van der Waals surface area contributed by atoms with Crippen molar-refractivity contribution in [3.05, 3.63) is 0 Å². The summed E-state index contributed by atoms with van der Waals surface area (Å²) in [5.74, 6) is 0.826. The normalized spacial score (nSPS) is 26.9. The largest absolute Gasteiger partial charge is 0.352 e. The van der Waals surface area contributed by atoms with Crippen LogP contribution in [0, 0.1) is 5.92 Å². The van der Waals surface area contributed by atoms with Crippen LogP contribution in [0.1, 0.15) is 33.1 Å². The predicted molar refractivity (Wildman–Crippen MR) is 71.0 cm³/mol. The zero-order chi connectivity index (χ0) is 12.8. The molecule has 0 aromatic carbocycles. The Kier molecular flexibility index (Phi) is 5.92. The Morgan fingerprint density at radius 2 is 2.24 bits per heavy atom. The summed E-state index contributed by atoms with van der Waals surface area (Å²) >= 11 is 0. The lowest BCUT2D eigenvalue weighted by Crippen LogP contribution is -2.50. The van der Waals surface area contributed by atoms with Crippen LogP contribution in [0.2, 0.25) is 0 Å². The van der Waals surface area contributed by atoms with E-state index in [1.165, 1.54) is 6.42 Å². The molecule has 3 atom stereocenters. The van der Waals surface area contributed by atoms with Gasteiger partial charge in [0.05, 0.1) is 6.04 Å². The van der Waals surface area contributed by atoms with Crippen molar-refractivity contribution in [2.24, 2.45) is 5.92 Å². The van der Waals surface area contributed by atoms with Crippen LogP contribution in [0.3, 0.4) is 0 Å². The van der Waals surface area contributed by atoms with Gasteiger partial charge in [-0.05, 0) is 59.3 Å². The Morgan fingerprint density at radius 1 is 1.53 bits per heavy atom. The van der Waals surface area contributed by atoms with Gasteiger partial charge in [-0.25, -0.2) is 0 Å². The van der Waals surface area contributed by atoms with E-state index in [0.29, 0.717) is 5.92 Å². The first-order valence-electron chi connectivity index (χ1n) is 6.67. The Morgan fingerprint density at radius 3 is 2.82 bits per heavy atom. The molecule has 17 heavy (non-hydrogen) atoms. The van der Waals surface area contributed by atoms with Crippen molar-refractivity contribution >= 4 is 5.91 Å². The lowest BCUT2D eigenvalue weighted by molar-refractivity contribution is -0.124. The van der Waals surface area contributed by atoms with Gasteiger partial charge in [0.2, 0.25) is 5.91 Å². The van der Waals surface area contributed by atoms with E-state index in [0.717, 1.165) is 25.9 Å². The lowest BCUT2D eigenvalue weighted by atomic mass is 9.94. The molecule has 0 bridgehead atoms. The maximum atomic E-state index is 12.0. The van der Waals surface area contributed by atoms with E-state index in [4.69, 9.17) is 0 Å². The number of hydrogen-bond acceptors (Lipinski definition) is 3. The molecule has 1 aliphatic rings. The van der Waals surface area contributed by atoms with Crippen molar-refractivity contribution in [3.63, 3.8) is 0 Å². The molecule has 0 radical (unpaired) electrons. The van der Waals surface area contributed by atoms with E-state index >= 15 is 0 Å². The third kappa shape index (κ3) is 5.50. The minimum Gasteiger partial charge on any atom is -0.352 e. The summed E-state index contributed by atoms with van der Waals surface area (Å²) in [6.45, 7) is 6.27. The monoisotopic (exact) mass is 241 g/mol. The smallest absolute Gasteiger partial charge is 0.237 e. The summed E-state index contributed by atoms with van der Waals surface area (Å²) in [6.07, 6.45) is 3.15. The van der Waals surface area contributed by atoms with Crippen LogP contribution in [0.25, 0.3) is 0 Å². The Bertz CT molecular complexity index is 243. The molecule has 0 aliphatic carbocycles. The fraction of sp³-hybridized carbons (Fsp3) is 0.923. The summed E-state index contributed by atoms with van der Waals surface area (Å²) < 4.78 is 0. The fourth-order valence-electron chi connectivity index (χ4n) is 2.17. The van der Waals surface area contributed by atoms with Gasteiger partial charge in [-0.1, -0.05) is 6.92 Å². The average molecular weight is 241 g/mol. The van der Waals surface area contributed by atoms with Crippen molar-refractivity contribution in [2.75, 3.05) is 27.2 Å². The zero-order valence-corrected chi connectivity index (χ0v) is 11.6. The Labute approximate surface area is 105 Å². The van der Waals surface area contributed by atoms with Crippen molar-refractivity contribution in [1.82, 2.24) is 15.5 Å². The van der Waals surface area contributed by atoms with Crippen LogP contribution in [-0.2, 0) is 4.79 Å². The highest BCUT2D eigenvalue weighted by Gasteiger charge is 2.25. The van der Waals surface area contributed by atoms with Crippen molar-refractivity contribution < 1.29 is 4.79 Å². The lowest BCUT2D eigenvalue weighted by Gasteiger charge is -2.28. The molecule has 1 fully saturated rings. The molecular formula is C13H27N3O. The molecule has 1 aliphatic heterocycles. The highest BCUT2D eigenvalue weighted by molar-refractivity contribution is 5.82. The van der Waals surface area contributed by atoms with Gasteiger partial charge in [-0.2, -0.15) is 0 Å². The standard InChI is InChI=1S/C13H27N3O/c1-10-5-7-14-12(9-10)13(17)15-11(2)6-8-16(3)4/h10-12,14H,5-9H2,1-4H3,(H,15,17). The first kappa shape index (κ1) is 14.5. The highest BCUT2D eigenvalue weighted by Crippen LogP contribution is 2.15. The molecule has 1 saturated heterocycles. The van der Waals surface area contributed by atoms with E-state index in [9.17, 15) is 4.79 Å². The number of piperidine rings is 1. The van der Waals surface area contributed by atoms with Gasteiger partial charge in [-0.3, -0.25) is 4.79 Å². The van der Waals surface area contributed by atoms with Gasteiger partial charge in [0.1, 0.15) is 0 Å². The molecule has 4 heteroatoms. The molecule has 0 aromatic rings. The van der Waals surface area contributed by atoms with E-state index in [1.54, 1.807) is 0 Å². The molecule has 1 rings (SSSR count). The van der Waals surface area contributed by atoms with E-state index in [1.807, 2.05) is 0 Å². The number of carbonyl (C=O) groups excluding carboxylic acids is 1. The average Bonchev–Trinajstić information content (AvgIpc) is 2.26. The minimum atomic E-state index is 0.0144. The molecule has 0 saturated carbocycles. The zero-order valence-electron chi connectivity index (χ0n) is 11.6. The molecule has 0 aromatic heterocycles. The second-order valence-corrected chi connectivity index (χ2v) is 5.64. The summed E-state index contributed by atoms with van der Waals surface area (Å²) in [4.78, 5) is 14.2. The number of rotatable bonds is 5. The highest BCUT2D eigenvalue weighted by atomic mass is 16.2. The Balaban J connectivity index is 2.27. The first-order valence-corrected chi connectivity index (χ1v) is 6.67. The first-order chi connectivity index (χ1) is 7.99. The van der Waals surface area contributed by atoms with Crippen molar-refractivity contribution in [3.8, 4) is 0 Å². The van der Waals surface area contributed by atoms with Crippen LogP contribution in [0.15, 0.2) is 0 Å². The van der Waals surface area contributed by atoms with E-state index in [2.05, 4.69) is 43.5 Å². The van der Waals surface area contributed by atoms with E-state index < -0.39 is 0 Å². The number of nitrogens with one attached hydrogen (secondary N) is 2. The minimum absolute atomic E-state index is 0.0144. The van der Waals surface area contributed by atoms with Gasteiger partial charge in [-0.15, -0.1) is 0 Å². The number of hydrogen-bond donors (Lipinski definition) is 2. The van der Waals surface area contributed by atoms with Crippen LogP contribution in [0.5, 0.6) is 0 Å². The second-order valence-electron chi connectivity index (χ2n) is 5.64. The molecule has 100 valence electrons. The molecule has 3 unspecified atom stereocenters. The van der Waals surface area contributed by atoms with Crippen LogP contribution in [0.4, 0.5) is 0 Å². The van der Waals surface area contributed by atoms with Gasteiger partial charge in [0.15, 0.2) is 0 Å². The molecule has 4 nitrogen and oxygen atoms in total. The SMILES string of the molecule is CC1CCNC(C(=O)NC(C)CCN(C)C)C1. The van der Waals surface area contributed by atoms with E-state index in [-0.39, 0.29) is 18.0 Å². The predicted octanol–water partition coefficient (Wildman–Crippen LogP) is 0.831.